The maximum atomic E-state index is 12.6. The number of piperidine rings is 1. The van der Waals surface area contributed by atoms with Crippen LogP contribution in [-0.4, -0.2) is 39.3 Å². The Hall–Kier alpha value is -2.68. The van der Waals surface area contributed by atoms with E-state index in [2.05, 4.69) is 31.5 Å². The summed E-state index contributed by atoms with van der Waals surface area (Å²) in [7, 11) is 0. The van der Waals surface area contributed by atoms with Gasteiger partial charge in [0.25, 0.3) is 0 Å². The average Bonchev–Trinajstić information content (AvgIpc) is 3.05. The van der Waals surface area contributed by atoms with Crippen molar-refractivity contribution in [3.05, 3.63) is 47.1 Å². The van der Waals surface area contributed by atoms with E-state index in [4.69, 9.17) is 4.42 Å². The van der Waals surface area contributed by atoms with Crippen LogP contribution in [0.1, 0.15) is 48.6 Å². The molecule has 0 aliphatic carbocycles. The number of alkyl halides is 3. The molecule has 4 rings (SSSR count). The SMILES string of the molecule is Cc1cc(C[C@H]2CCCN(C(C)c3ccc4oc(C)nc4n3)C2)cc(OC(F)(F)F)n1. The zero-order valence-corrected chi connectivity index (χ0v) is 17.7. The summed E-state index contributed by atoms with van der Waals surface area (Å²) in [6, 6.07) is 7.19. The lowest BCUT2D eigenvalue weighted by molar-refractivity contribution is -0.276. The molecule has 1 aliphatic rings. The van der Waals surface area contributed by atoms with Crippen LogP contribution in [0.25, 0.3) is 11.2 Å². The number of halogens is 3. The van der Waals surface area contributed by atoms with E-state index in [0.29, 0.717) is 35.2 Å². The highest BCUT2D eigenvalue weighted by molar-refractivity contribution is 5.67. The number of pyridine rings is 2. The van der Waals surface area contributed by atoms with Crippen LogP contribution in [0.5, 0.6) is 5.88 Å². The third-order valence-corrected chi connectivity index (χ3v) is 5.64. The summed E-state index contributed by atoms with van der Waals surface area (Å²) < 4.78 is 47.3. The van der Waals surface area contributed by atoms with Crippen molar-refractivity contribution in [1.82, 2.24) is 19.9 Å². The fourth-order valence-electron chi connectivity index (χ4n) is 4.31. The molecule has 0 spiro atoms. The highest BCUT2D eigenvalue weighted by atomic mass is 19.4. The molecule has 0 bridgehead atoms. The van der Waals surface area contributed by atoms with Crippen LogP contribution >= 0.6 is 0 Å². The number of rotatable bonds is 5. The Kier molecular flexibility index (Phi) is 5.88. The Morgan fingerprint density at radius 1 is 1.19 bits per heavy atom. The molecule has 9 heteroatoms. The van der Waals surface area contributed by atoms with Gasteiger partial charge in [-0.2, -0.15) is 4.98 Å². The van der Waals surface area contributed by atoms with Gasteiger partial charge in [-0.25, -0.2) is 9.97 Å². The highest BCUT2D eigenvalue weighted by Gasteiger charge is 2.32. The van der Waals surface area contributed by atoms with Gasteiger partial charge in [-0.15, -0.1) is 13.2 Å². The second-order valence-electron chi connectivity index (χ2n) is 8.18. The predicted molar refractivity (Wildman–Crippen MR) is 109 cm³/mol. The minimum Gasteiger partial charge on any atom is -0.439 e. The fraction of sp³-hybridized carbons (Fsp3) is 0.500. The van der Waals surface area contributed by atoms with E-state index < -0.39 is 12.2 Å². The third kappa shape index (κ3) is 5.33. The quantitative estimate of drug-likeness (QED) is 0.554. The predicted octanol–water partition coefficient (Wildman–Crippen LogP) is 5.15. The van der Waals surface area contributed by atoms with Crippen molar-refractivity contribution in [1.29, 1.82) is 0 Å². The number of aryl methyl sites for hydroxylation is 2. The van der Waals surface area contributed by atoms with Crippen LogP contribution in [0.15, 0.2) is 28.7 Å². The molecule has 0 aromatic carbocycles. The van der Waals surface area contributed by atoms with E-state index in [9.17, 15) is 13.2 Å². The lowest BCUT2D eigenvalue weighted by Gasteiger charge is -2.36. The molecule has 1 fully saturated rings. The van der Waals surface area contributed by atoms with Crippen molar-refractivity contribution in [2.45, 2.75) is 52.4 Å². The van der Waals surface area contributed by atoms with Crippen molar-refractivity contribution in [2.24, 2.45) is 5.92 Å². The Morgan fingerprint density at radius 2 is 2.00 bits per heavy atom. The Bertz CT molecular complexity index is 1070. The second kappa shape index (κ2) is 8.45. The van der Waals surface area contributed by atoms with E-state index in [-0.39, 0.29) is 6.04 Å². The number of nitrogens with zero attached hydrogens (tertiary/aromatic N) is 4. The van der Waals surface area contributed by atoms with Crippen molar-refractivity contribution < 1.29 is 22.3 Å². The van der Waals surface area contributed by atoms with Gasteiger partial charge in [-0.3, -0.25) is 4.90 Å². The van der Waals surface area contributed by atoms with Crippen LogP contribution in [0.3, 0.4) is 0 Å². The van der Waals surface area contributed by atoms with E-state index in [1.807, 2.05) is 18.2 Å². The second-order valence-corrected chi connectivity index (χ2v) is 8.18. The summed E-state index contributed by atoms with van der Waals surface area (Å²) in [5.41, 5.74) is 3.54. The van der Waals surface area contributed by atoms with E-state index >= 15 is 0 Å². The summed E-state index contributed by atoms with van der Waals surface area (Å²) in [5, 5.41) is 0. The summed E-state index contributed by atoms with van der Waals surface area (Å²) in [5.74, 6) is 0.519. The molecule has 1 aliphatic heterocycles. The van der Waals surface area contributed by atoms with Gasteiger partial charge in [0.2, 0.25) is 5.88 Å². The molecule has 0 amide bonds. The number of oxazole rings is 1. The summed E-state index contributed by atoms with van der Waals surface area (Å²) >= 11 is 0. The first-order valence-electron chi connectivity index (χ1n) is 10.4. The number of likely N-dealkylation sites (tertiary alicyclic amines) is 1. The maximum Gasteiger partial charge on any atom is 0.574 e. The largest absolute Gasteiger partial charge is 0.574 e. The van der Waals surface area contributed by atoms with Gasteiger partial charge < -0.3 is 9.15 Å². The van der Waals surface area contributed by atoms with Crippen LogP contribution in [0.4, 0.5) is 13.2 Å². The normalized spacial score (nSPS) is 19.0. The summed E-state index contributed by atoms with van der Waals surface area (Å²) in [4.78, 5) is 15.2. The van der Waals surface area contributed by atoms with Crippen LogP contribution in [-0.2, 0) is 6.42 Å². The average molecular weight is 434 g/mol. The van der Waals surface area contributed by atoms with Gasteiger partial charge in [-0.1, -0.05) is 0 Å². The number of hydrogen-bond donors (Lipinski definition) is 0. The van der Waals surface area contributed by atoms with Crippen LogP contribution in [0, 0.1) is 19.8 Å². The fourth-order valence-corrected chi connectivity index (χ4v) is 4.31. The summed E-state index contributed by atoms with van der Waals surface area (Å²) in [6.07, 6.45) is -2.02. The zero-order chi connectivity index (χ0) is 22.2. The van der Waals surface area contributed by atoms with Gasteiger partial charge in [0.05, 0.1) is 5.69 Å². The first-order chi connectivity index (χ1) is 14.7. The Labute approximate surface area is 178 Å². The number of hydrogen-bond acceptors (Lipinski definition) is 6. The molecule has 3 aromatic heterocycles. The zero-order valence-electron chi connectivity index (χ0n) is 17.7. The third-order valence-electron chi connectivity index (χ3n) is 5.64. The number of aromatic nitrogens is 3. The minimum absolute atomic E-state index is 0.104. The van der Waals surface area contributed by atoms with Gasteiger partial charge >= 0.3 is 6.36 Å². The van der Waals surface area contributed by atoms with Crippen molar-refractivity contribution in [3.63, 3.8) is 0 Å². The standard InChI is InChI=1S/C22H25F3N4O2/c1-13-9-17(11-20(26-13)31-22(23,24)25)10-16-5-4-8-29(12-16)14(2)18-6-7-19-21(28-18)27-15(3)30-19/h6-7,9,11,14,16H,4-5,8,10,12H2,1-3H3/t14?,16-/m1/s1. The monoisotopic (exact) mass is 434 g/mol. The molecule has 3 aromatic rings. The smallest absolute Gasteiger partial charge is 0.439 e. The Morgan fingerprint density at radius 3 is 2.77 bits per heavy atom. The molecule has 31 heavy (non-hydrogen) atoms. The minimum atomic E-state index is -4.74. The molecule has 0 radical (unpaired) electrons. The molecule has 1 saturated heterocycles. The van der Waals surface area contributed by atoms with Gasteiger partial charge in [0.1, 0.15) is 0 Å². The topological polar surface area (TPSA) is 64.3 Å². The van der Waals surface area contributed by atoms with Crippen molar-refractivity contribution in [2.75, 3.05) is 13.1 Å². The Balaban J connectivity index is 1.45. The van der Waals surface area contributed by atoms with Gasteiger partial charge in [-0.05, 0) is 69.3 Å². The first-order valence-corrected chi connectivity index (χ1v) is 10.4. The lowest BCUT2D eigenvalue weighted by atomic mass is 9.90. The number of ether oxygens (including phenoxy) is 1. The van der Waals surface area contributed by atoms with E-state index in [0.717, 1.165) is 37.2 Å². The van der Waals surface area contributed by atoms with Crippen LogP contribution < -0.4 is 4.74 Å². The first kappa shape index (κ1) is 21.5. The van der Waals surface area contributed by atoms with Gasteiger partial charge in [0, 0.05) is 31.3 Å². The molecule has 2 atom stereocenters. The molecule has 166 valence electrons. The molecular weight excluding hydrogens is 409 g/mol. The van der Waals surface area contributed by atoms with E-state index in [1.165, 1.54) is 6.07 Å². The number of fused-ring (bicyclic) bond motifs is 1. The van der Waals surface area contributed by atoms with Crippen molar-refractivity contribution >= 4 is 11.2 Å². The molecule has 0 N–H and O–H groups in total. The lowest BCUT2D eigenvalue weighted by Crippen LogP contribution is -2.38. The van der Waals surface area contributed by atoms with Gasteiger partial charge in [0.15, 0.2) is 17.1 Å². The molecule has 6 nitrogen and oxygen atoms in total. The van der Waals surface area contributed by atoms with Crippen LogP contribution in [0.2, 0.25) is 0 Å². The van der Waals surface area contributed by atoms with E-state index in [1.54, 1.807) is 13.8 Å². The molecule has 0 saturated carbocycles. The van der Waals surface area contributed by atoms with Crippen molar-refractivity contribution in [3.8, 4) is 5.88 Å². The molecular formula is C22H25F3N4O2. The molecule has 1 unspecified atom stereocenters. The maximum absolute atomic E-state index is 12.6. The molecule has 4 heterocycles. The highest BCUT2D eigenvalue weighted by Crippen LogP contribution is 2.30. The summed E-state index contributed by atoms with van der Waals surface area (Å²) in [6.45, 7) is 7.39.